The number of carbonyl (C=O) groups is 2. The van der Waals surface area contributed by atoms with E-state index in [2.05, 4.69) is 24.3 Å². The highest BCUT2D eigenvalue weighted by Gasteiger charge is 2.25. The highest BCUT2D eigenvalue weighted by atomic mass is 16.5. The molecular formula is C31H30N2O3. The number of fused-ring (bicyclic) bond motifs is 1. The number of benzene rings is 3. The Hall–Kier alpha value is -3.99. The van der Waals surface area contributed by atoms with E-state index < -0.39 is 5.97 Å². The van der Waals surface area contributed by atoms with E-state index in [-0.39, 0.29) is 12.5 Å². The normalized spacial score (nSPS) is 14.1. The molecule has 36 heavy (non-hydrogen) atoms. The summed E-state index contributed by atoms with van der Waals surface area (Å²) >= 11 is 0. The van der Waals surface area contributed by atoms with Gasteiger partial charge in [0.05, 0.1) is 16.8 Å². The second-order valence-electron chi connectivity index (χ2n) is 9.43. The minimum Gasteiger partial charge on any atom is -0.452 e. The molecule has 4 aromatic rings. The maximum absolute atomic E-state index is 13.3. The topological polar surface area (TPSA) is 59.5 Å². The van der Waals surface area contributed by atoms with E-state index in [1.165, 1.54) is 5.56 Å². The fraction of sp³-hybridized carbons (Fsp3) is 0.258. The van der Waals surface area contributed by atoms with Crippen molar-refractivity contribution in [2.24, 2.45) is 5.92 Å². The van der Waals surface area contributed by atoms with Crippen LogP contribution >= 0.6 is 0 Å². The summed E-state index contributed by atoms with van der Waals surface area (Å²) in [6.07, 6.45) is 2.96. The molecule has 0 radical (unpaired) electrons. The highest BCUT2D eigenvalue weighted by Crippen LogP contribution is 2.30. The average Bonchev–Trinajstić information content (AvgIpc) is 2.92. The summed E-state index contributed by atoms with van der Waals surface area (Å²) in [5.41, 5.74) is 4.96. The van der Waals surface area contributed by atoms with E-state index >= 15 is 0 Å². The van der Waals surface area contributed by atoms with Crippen LogP contribution in [0.3, 0.4) is 0 Å². The van der Waals surface area contributed by atoms with Crippen molar-refractivity contribution >= 4 is 22.8 Å². The first-order valence-corrected chi connectivity index (χ1v) is 12.5. The van der Waals surface area contributed by atoms with E-state index in [4.69, 9.17) is 9.72 Å². The monoisotopic (exact) mass is 478 g/mol. The van der Waals surface area contributed by atoms with Crippen molar-refractivity contribution in [3.8, 4) is 11.3 Å². The second kappa shape index (κ2) is 10.7. The minimum atomic E-state index is -0.490. The predicted octanol–water partition coefficient (Wildman–Crippen LogP) is 5.85. The lowest BCUT2D eigenvalue weighted by atomic mass is 9.90. The van der Waals surface area contributed by atoms with Crippen LogP contribution in [-0.4, -0.2) is 41.5 Å². The largest absolute Gasteiger partial charge is 0.452 e. The number of hydrogen-bond donors (Lipinski definition) is 0. The number of aromatic nitrogens is 1. The van der Waals surface area contributed by atoms with Crippen molar-refractivity contribution < 1.29 is 14.3 Å². The molecule has 1 aliphatic heterocycles. The maximum atomic E-state index is 13.3. The van der Waals surface area contributed by atoms with E-state index in [1.54, 1.807) is 0 Å². The van der Waals surface area contributed by atoms with Gasteiger partial charge in [0, 0.05) is 24.0 Å². The number of hydrogen-bond acceptors (Lipinski definition) is 4. The van der Waals surface area contributed by atoms with Crippen LogP contribution in [0.25, 0.3) is 22.2 Å². The minimum absolute atomic E-state index is 0.138. The van der Waals surface area contributed by atoms with Gasteiger partial charge in [0.1, 0.15) is 0 Å². The van der Waals surface area contributed by atoms with Gasteiger partial charge in [-0.15, -0.1) is 0 Å². The van der Waals surface area contributed by atoms with Gasteiger partial charge in [0.2, 0.25) is 0 Å². The maximum Gasteiger partial charge on any atom is 0.339 e. The summed E-state index contributed by atoms with van der Waals surface area (Å²) in [7, 11) is 0. The first-order chi connectivity index (χ1) is 17.6. The summed E-state index contributed by atoms with van der Waals surface area (Å²) in [6.45, 7) is 3.03. The van der Waals surface area contributed by atoms with Crippen molar-refractivity contribution in [1.82, 2.24) is 9.88 Å². The molecule has 0 saturated carbocycles. The Balaban J connectivity index is 1.26. The number of esters is 1. The molecule has 182 valence electrons. The molecule has 1 aliphatic rings. The number of ether oxygens (including phenoxy) is 1. The molecule has 5 nitrogen and oxygen atoms in total. The van der Waals surface area contributed by atoms with Gasteiger partial charge in [0.25, 0.3) is 5.91 Å². The molecule has 3 aromatic carbocycles. The number of nitrogens with zero attached hydrogens (tertiary/aromatic N) is 2. The fourth-order valence-corrected chi connectivity index (χ4v) is 5.07. The Bertz CT molecular complexity index is 1360. The number of pyridine rings is 1. The first-order valence-electron chi connectivity index (χ1n) is 12.5. The zero-order valence-corrected chi connectivity index (χ0v) is 20.5. The van der Waals surface area contributed by atoms with Gasteiger partial charge >= 0.3 is 5.97 Å². The van der Waals surface area contributed by atoms with E-state index in [9.17, 15) is 9.59 Å². The summed E-state index contributed by atoms with van der Waals surface area (Å²) in [4.78, 5) is 32.8. The van der Waals surface area contributed by atoms with Gasteiger partial charge in [-0.1, -0.05) is 78.9 Å². The molecule has 5 rings (SSSR count). The van der Waals surface area contributed by atoms with E-state index in [0.717, 1.165) is 47.0 Å². The Labute approximate surface area is 211 Å². The van der Waals surface area contributed by atoms with E-state index in [0.29, 0.717) is 24.6 Å². The Morgan fingerprint density at radius 3 is 2.25 bits per heavy atom. The molecule has 0 unspecified atom stereocenters. The molecule has 1 aromatic heterocycles. The molecule has 0 N–H and O–H groups in total. The molecule has 0 bridgehead atoms. The lowest BCUT2D eigenvalue weighted by Gasteiger charge is -2.32. The van der Waals surface area contributed by atoms with Crippen LogP contribution in [0.1, 0.15) is 34.3 Å². The van der Waals surface area contributed by atoms with Crippen molar-refractivity contribution in [3.63, 3.8) is 0 Å². The van der Waals surface area contributed by atoms with Crippen molar-refractivity contribution in [3.05, 3.63) is 102 Å². The molecule has 1 saturated heterocycles. The average molecular weight is 479 g/mol. The van der Waals surface area contributed by atoms with Crippen LogP contribution in [0, 0.1) is 12.8 Å². The summed E-state index contributed by atoms with van der Waals surface area (Å²) in [5, 5.41) is 0.730. The Morgan fingerprint density at radius 1 is 0.889 bits per heavy atom. The number of para-hydroxylation sites is 1. The van der Waals surface area contributed by atoms with Crippen molar-refractivity contribution in [2.45, 2.75) is 26.2 Å². The summed E-state index contributed by atoms with van der Waals surface area (Å²) in [5.74, 6) is -0.0577. The first kappa shape index (κ1) is 23.7. The van der Waals surface area contributed by atoms with Crippen molar-refractivity contribution in [2.75, 3.05) is 19.7 Å². The van der Waals surface area contributed by atoms with Gasteiger partial charge < -0.3 is 9.64 Å². The quantitative estimate of drug-likeness (QED) is 0.326. The lowest BCUT2D eigenvalue weighted by molar-refractivity contribution is -0.135. The van der Waals surface area contributed by atoms with Crippen LogP contribution in [0.4, 0.5) is 0 Å². The molecule has 1 fully saturated rings. The number of rotatable bonds is 6. The summed E-state index contributed by atoms with van der Waals surface area (Å²) in [6, 6.07) is 27.8. The van der Waals surface area contributed by atoms with Crippen LogP contribution < -0.4 is 0 Å². The standard InChI is InChI=1S/C31H30N2O3/c1-22-29(26-14-8-9-15-27(26)32-30(22)25-12-6-3-7-13-25)31(35)36-21-28(34)33-18-16-24(17-19-33)20-23-10-4-2-5-11-23/h2-15,24H,16-21H2,1H3. The molecular weight excluding hydrogens is 448 g/mol. The van der Waals surface area contributed by atoms with Gasteiger partial charge in [-0.3, -0.25) is 4.79 Å². The molecule has 0 aliphatic carbocycles. The number of piperidine rings is 1. The van der Waals surface area contributed by atoms with Gasteiger partial charge in [-0.05, 0) is 49.3 Å². The molecule has 5 heteroatoms. The number of amides is 1. The molecule has 0 atom stereocenters. The summed E-state index contributed by atoms with van der Waals surface area (Å²) < 4.78 is 5.59. The number of likely N-dealkylation sites (tertiary alicyclic amines) is 1. The van der Waals surface area contributed by atoms with Crippen molar-refractivity contribution in [1.29, 1.82) is 0 Å². The van der Waals surface area contributed by atoms with Gasteiger partial charge in [0.15, 0.2) is 6.61 Å². The highest BCUT2D eigenvalue weighted by molar-refractivity contribution is 6.06. The smallest absolute Gasteiger partial charge is 0.339 e. The Morgan fingerprint density at radius 2 is 1.53 bits per heavy atom. The predicted molar refractivity (Wildman–Crippen MR) is 142 cm³/mol. The zero-order chi connectivity index (χ0) is 24.9. The molecule has 1 amide bonds. The lowest BCUT2D eigenvalue weighted by Crippen LogP contribution is -2.41. The third-order valence-electron chi connectivity index (χ3n) is 7.05. The third kappa shape index (κ3) is 5.15. The zero-order valence-electron chi connectivity index (χ0n) is 20.5. The van der Waals surface area contributed by atoms with Gasteiger partial charge in [-0.25, -0.2) is 9.78 Å². The molecule has 0 spiro atoms. The van der Waals surface area contributed by atoms with Gasteiger partial charge in [-0.2, -0.15) is 0 Å². The van der Waals surface area contributed by atoms with E-state index in [1.807, 2.05) is 72.5 Å². The Kier molecular flexibility index (Phi) is 7.08. The van der Waals surface area contributed by atoms with Crippen LogP contribution in [0.5, 0.6) is 0 Å². The fourth-order valence-electron chi connectivity index (χ4n) is 5.07. The van der Waals surface area contributed by atoms with Crippen LogP contribution in [-0.2, 0) is 16.0 Å². The van der Waals surface area contributed by atoms with Crippen LogP contribution in [0.15, 0.2) is 84.9 Å². The third-order valence-corrected chi connectivity index (χ3v) is 7.05. The SMILES string of the molecule is Cc1c(-c2ccccc2)nc2ccccc2c1C(=O)OCC(=O)N1CCC(Cc2ccccc2)CC1. The molecule has 2 heterocycles. The second-order valence-corrected chi connectivity index (χ2v) is 9.43. The number of carbonyl (C=O) groups excluding carboxylic acids is 2. The van der Waals surface area contributed by atoms with Crippen LogP contribution in [0.2, 0.25) is 0 Å².